The Kier molecular flexibility index (Phi) is 6.03. The molecule has 0 spiro atoms. The lowest BCUT2D eigenvalue weighted by Gasteiger charge is -2.26. The number of urea groups is 1. The van der Waals surface area contributed by atoms with Crippen LogP contribution in [0, 0.1) is 20.8 Å². The number of likely N-dealkylation sites (tertiary alicyclic amines) is 1. The lowest BCUT2D eigenvalue weighted by molar-refractivity contribution is -0.136. The molecule has 2 amide bonds. The summed E-state index contributed by atoms with van der Waals surface area (Å²) in [4.78, 5) is 28.9. The van der Waals surface area contributed by atoms with Crippen molar-refractivity contribution in [2.24, 2.45) is 0 Å². The molecule has 4 rings (SSSR count). The number of carboxylic acid groups (broad SMARTS) is 1. The summed E-state index contributed by atoms with van der Waals surface area (Å²) in [6.07, 6.45) is 4.53. The Labute approximate surface area is 184 Å². The second kappa shape index (κ2) is 8.74. The van der Waals surface area contributed by atoms with E-state index in [1.165, 1.54) is 24.0 Å². The topological polar surface area (TPSA) is 60.9 Å². The quantitative estimate of drug-likeness (QED) is 0.741. The van der Waals surface area contributed by atoms with Crippen LogP contribution < -0.4 is 0 Å². The highest BCUT2D eigenvalue weighted by atomic mass is 16.4. The van der Waals surface area contributed by atoms with Gasteiger partial charge in [0.2, 0.25) is 0 Å². The highest BCUT2D eigenvalue weighted by molar-refractivity contribution is 5.83. The second-order valence-corrected chi connectivity index (χ2v) is 9.04. The van der Waals surface area contributed by atoms with E-state index in [1.54, 1.807) is 0 Å². The summed E-state index contributed by atoms with van der Waals surface area (Å²) in [6.45, 7) is 8.99. The van der Waals surface area contributed by atoms with Gasteiger partial charge in [0.15, 0.2) is 0 Å². The number of fused-ring (bicyclic) bond motifs is 1. The van der Waals surface area contributed by atoms with Crippen molar-refractivity contribution in [2.75, 3.05) is 13.1 Å². The molecular weight excluding hydrogens is 388 g/mol. The molecule has 5 heteroatoms. The van der Waals surface area contributed by atoms with Gasteiger partial charge in [-0.15, -0.1) is 0 Å². The molecule has 1 N–H and O–H groups in total. The number of aliphatic carboxylic acids is 1. The van der Waals surface area contributed by atoms with Crippen LogP contribution in [0.3, 0.4) is 0 Å². The number of hydrogen-bond donors (Lipinski definition) is 1. The van der Waals surface area contributed by atoms with Gasteiger partial charge in [-0.05, 0) is 72.6 Å². The van der Waals surface area contributed by atoms with Gasteiger partial charge in [0.25, 0.3) is 0 Å². The lowest BCUT2D eigenvalue weighted by Crippen LogP contribution is -2.41. The molecule has 1 fully saturated rings. The molecule has 0 radical (unpaired) electrons. The second-order valence-electron chi connectivity index (χ2n) is 9.04. The number of rotatable bonds is 3. The van der Waals surface area contributed by atoms with Gasteiger partial charge in [-0.1, -0.05) is 42.7 Å². The summed E-state index contributed by atoms with van der Waals surface area (Å²) < 4.78 is 0. The van der Waals surface area contributed by atoms with Gasteiger partial charge in [0.05, 0.1) is 6.42 Å². The molecule has 0 atom stereocenters. The first-order valence-electron chi connectivity index (χ1n) is 11.3. The molecule has 0 bridgehead atoms. The number of carbonyl (C=O) groups excluding carboxylic acids is 1. The first kappa shape index (κ1) is 21.4. The van der Waals surface area contributed by atoms with Gasteiger partial charge >= 0.3 is 12.0 Å². The van der Waals surface area contributed by atoms with Crippen molar-refractivity contribution in [3.63, 3.8) is 0 Å². The monoisotopic (exact) mass is 420 g/mol. The van der Waals surface area contributed by atoms with Crippen molar-refractivity contribution in [3.8, 4) is 11.1 Å². The number of amides is 2. The minimum Gasteiger partial charge on any atom is -0.481 e. The SMILES string of the molecule is Cc1ccc(-c2c(C)c3c(c(C)c2CC(=O)O)CN(C(=O)N2CCCCCC2)C3)cc1. The van der Waals surface area contributed by atoms with Crippen LogP contribution in [-0.4, -0.2) is 40.0 Å². The number of carbonyl (C=O) groups is 2. The number of carboxylic acids is 1. The summed E-state index contributed by atoms with van der Waals surface area (Å²) in [6, 6.07) is 8.40. The van der Waals surface area contributed by atoms with Crippen LogP contribution in [0.15, 0.2) is 24.3 Å². The fraction of sp³-hybridized carbons (Fsp3) is 0.462. The fourth-order valence-electron chi connectivity index (χ4n) is 5.15. The molecule has 0 saturated carbocycles. The van der Waals surface area contributed by atoms with Crippen molar-refractivity contribution >= 4 is 12.0 Å². The molecule has 0 unspecified atom stereocenters. The van der Waals surface area contributed by atoms with Gasteiger partial charge in [-0.3, -0.25) is 4.79 Å². The van der Waals surface area contributed by atoms with Crippen molar-refractivity contribution in [3.05, 3.63) is 57.6 Å². The highest BCUT2D eigenvalue weighted by Crippen LogP contribution is 2.40. The molecule has 5 nitrogen and oxygen atoms in total. The normalized spacial score (nSPS) is 16.2. The van der Waals surface area contributed by atoms with Gasteiger partial charge in [-0.2, -0.15) is 0 Å². The molecule has 0 aliphatic carbocycles. The standard InChI is InChI=1S/C26H32N2O3/c1-17-8-10-20(11-9-17)25-19(3)23-16-28(26(31)27-12-6-4-5-7-13-27)15-22(23)18(2)21(25)14-24(29)30/h8-11H,4-7,12-16H2,1-3H3,(H,29,30). The Bertz CT molecular complexity index is 1000. The van der Waals surface area contributed by atoms with E-state index in [0.29, 0.717) is 13.1 Å². The Hall–Kier alpha value is -2.82. The molecule has 2 aromatic carbocycles. The largest absolute Gasteiger partial charge is 0.481 e. The maximum absolute atomic E-state index is 13.3. The van der Waals surface area contributed by atoms with Crippen LogP contribution in [0.2, 0.25) is 0 Å². The minimum atomic E-state index is -0.827. The molecule has 2 aliphatic heterocycles. The third-order valence-corrected chi connectivity index (χ3v) is 6.91. The average molecular weight is 421 g/mol. The first-order chi connectivity index (χ1) is 14.9. The van der Waals surface area contributed by atoms with Gasteiger partial charge in [0.1, 0.15) is 0 Å². The predicted molar refractivity (Wildman–Crippen MR) is 122 cm³/mol. The summed E-state index contributed by atoms with van der Waals surface area (Å²) in [5.74, 6) is -0.827. The molecule has 31 heavy (non-hydrogen) atoms. The van der Waals surface area contributed by atoms with E-state index in [0.717, 1.165) is 59.3 Å². The van der Waals surface area contributed by atoms with Crippen molar-refractivity contribution in [1.29, 1.82) is 0 Å². The van der Waals surface area contributed by atoms with E-state index in [1.807, 2.05) is 16.7 Å². The Balaban J connectivity index is 1.74. The zero-order valence-electron chi connectivity index (χ0n) is 18.8. The average Bonchev–Trinajstić information content (AvgIpc) is 3.01. The first-order valence-corrected chi connectivity index (χ1v) is 11.3. The van der Waals surface area contributed by atoms with E-state index in [4.69, 9.17) is 0 Å². The lowest BCUT2D eigenvalue weighted by atomic mass is 9.84. The molecule has 2 aromatic rings. The number of benzene rings is 2. The van der Waals surface area contributed by atoms with Crippen LogP contribution in [0.25, 0.3) is 11.1 Å². The number of nitrogens with zero attached hydrogens (tertiary/aromatic N) is 2. The minimum absolute atomic E-state index is 0.0107. The van der Waals surface area contributed by atoms with Crippen LogP contribution >= 0.6 is 0 Å². The Morgan fingerprint density at radius 1 is 0.839 bits per heavy atom. The molecule has 2 aliphatic rings. The van der Waals surface area contributed by atoms with E-state index in [2.05, 4.69) is 38.1 Å². The van der Waals surface area contributed by atoms with Gasteiger partial charge in [-0.25, -0.2) is 4.79 Å². The molecular formula is C26H32N2O3. The summed E-state index contributed by atoms with van der Waals surface area (Å²) in [5.41, 5.74) is 8.55. The fourth-order valence-corrected chi connectivity index (χ4v) is 5.15. The van der Waals surface area contributed by atoms with Crippen LogP contribution in [0.5, 0.6) is 0 Å². The zero-order valence-corrected chi connectivity index (χ0v) is 18.8. The van der Waals surface area contributed by atoms with Crippen LogP contribution in [0.4, 0.5) is 4.79 Å². The third kappa shape index (κ3) is 4.18. The molecule has 164 valence electrons. The van der Waals surface area contributed by atoms with Crippen LogP contribution in [0.1, 0.15) is 59.1 Å². The van der Waals surface area contributed by atoms with Gasteiger partial charge < -0.3 is 14.9 Å². The molecule has 2 heterocycles. The van der Waals surface area contributed by atoms with Crippen LogP contribution in [-0.2, 0) is 24.3 Å². The smallest absolute Gasteiger partial charge is 0.320 e. The van der Waals surface area contributed by atoms with Crippen molar-refractivity contribution in [1.82, 2.24) is 9.80 Å². The number of aryl methyl sites for hydroxylation is 1. The Morgan fingerprint density at radius 3 is 2.00 bits per heavy atom. The molecule has 0 aromatic heterocycles. The summed E-state index contributed by atoms with van der Waals surface area (Å²) in [5, 5.41) is 9.61. The maximum Gasteiger partial charge on any atom is 0.320 e. The van der Waals surface area contributed by atoms with Crippen molar-refractivity contribution in [2.45, 2.75) is 66.0 Å². The van der Waals surface area contributed by atoms with E-state index in [-0.39, 0.29) is 12.5 Å². The predicted octanol–water partition coefficient (Wildman–Crippen LogP) is 5.22. The highest BCUT2D eigenvalue weighted by Gasteiger charge is 2.32. The van der Waals surface area contributed by atoms with E-state index >= 15 is 0 Å². The Morgan fingerprint density at radius 2 is 1.42 bits per heavy atom. The molecule has 1 saturated heterocycles. The number of hydrogen-bond acceptors (Lipinski definition) is 2. The van der Waals surface area contributed by atoms with E-state index in [9.17, 15) is 14.7 Å². The van der Waals surface area contributed by atoms with Crippen molar-refractivity contribution < 1.29 is 14.7 Å². The summed E-state index contributed by atoms with van der Waals surface area (Å²) >= 11 is 0. The maximum atomic E-state index is 13.3. The van der Waals surface area contributed by atoms with Gasteiger partial charge in [0, 0.05) is 26.2 Å². The van der Waals surface area contributed by atoms with E-state index < -0.39 is 5.97 Å². The third-order valence-electron chi connectivity index (χ3n) is 6.91. The summed E-state index contributed by atoms with van der Waals surface area (Å²) in [7, 11) is 0. The zero-order chi connectivity index (χ0) is 22.1.